The van der Waals surface area contributed by atoms with E-state index in [1.807, 2.05) is 26.0 Å². The number of carbonyl (C=O) groups is 1. The maximum Gasteiger partial charge on any atom is 0.263 e. The first-order valence-corrected chi connectivity index (χ1v) is 10.5. The standard InChI is InChI=1S/C21H25BrClNO3/c1-5-8-9-16-17(20(25)18(22)12(4)27-16)21(26)24-19-13(6-2)10-15(23)11-14(19)7-3/h10-11H,5-9H2,1-4H3,(H,24,26). The Morgan fingerprint density at radius 2 is 1.78 bits per heavy atom. The number of aryl methyl sites for hydroxylation is 4. The zero-order chi connectivity index (χ0) is 20.1. The Balaban J connectivity index is 2.54. The molecule has 2 rings (SSSR count). The molecule has 0 atom stereocenters. The summed E-state index contributed by atoms with van der Waals surface area (Å²) in [7, 11) is 0. The summed E-state index contributed by atoms with van der Waals surface area (Å²) in [5.74, 6) is 0.477. The first-order valence-electron chi connectivity index (χ1n) is 9.28. The van der Waals surface area contributed by atoms with Crippen LogP contribution in [0.1, 0.15) is 66.6 Å². The minimum atomic E-state index is -0.442. The molecule has 6 heteroatoms. The smallest absolute Gasteiger partial charge is 0.263 e. The van der Waals surface area contributed by atoms with Crippen molar-refractivity contribution in [2.75, 3.05) is 5.32 Å². The van der Waals surface area contributed by atoms with Gasteiger partial charge in [-0.05, 0) is 65.4 Å². The van der Waals surface area contributed by atoms with E-state index in [2.05, 4.69) is 28.2 Å². The predicted octanol–water partition coefficient (Wildman–Crippen LogP) is 6.08. The van der Waals surface area contributed by atoms with Crippen molar-refractivity contribution >= 4 is 39.1 Å². The van der Waals surface area contributed by atoms with Crippen LogP contribution in [0.3, 0.4) is 0 Å². The number of hydrogen-bond donors (Lipinski definition) is 1. The van der Waals surface area contributed by atoms with Crippen molar-refractivity contribution in [2.45, 2.75) is 59.8 Å². The molecule has 0 fully saturated rings. The van der Waals surface area contributed by atoms with E-state index < -0.39 is 5.91 Å². The highest BCUT2D eigenvalue weighted by molar-refractivity contribution is 9.10. The number of benzene rings is 1. The lowest BCUT2D eigenvalue weighted by molar-refractivity contribution is 0.102. The Kier molecular flexibility index (Phi) is 7.68. The second-order valence-electron chi connectivity index (χ2n) is 6.46. The largest absolute Gasteiger partial charge is 0.464 e. The number of nitrogens with one attached hydrogen (secondary N) is 1. The zero-order valence-electron chi connectivity index (χ0n) is 16.2. The van der Waals surface area contributed by atoms with E-state index in [4.69, 9.17) is 16.0 Å². The lowest BCUT2D eigenvalue weighted by Gasteiger charge is -2.16. The van der Waals surface area contributed by atoms with Crippen LogP contribution in [0.15, 0.2) is 25.8 Å². The molecule has 2 aromatic rings. The highest BCUT2D eigenvalue weighted by atomic mass is 79.9. The van der Waals surface area contributed by atoms with Crippen LogP contribution in [0, 0.1) is 6.92 Å². The van der Waals surface area contributed by atoms with Crippen LogP contribution in [-0.4, -0.2) is 5.91 Å². The van der Waals surface area contributed by atoms with E-state index in [1.54, 1.807) is 6.92 Å². The zero-order valence-corrected chi connectivity index (χ0v) is 18.5. The summed E-state index contributed by atoms with van der Waals surface area (Å²) < 4.78 is 6.07. The van der Waals surface area contributed by atoms with Crippen molar-refractivity contribution in [3.8, 4) is 0 Å². The van der Waals surface area contributed by atoms with E-state index in [-0.39, 0.29) is 15.5 Å². The van der Waals surface area contributed by atoms with Crippen molar-refractivity contribution in [3.63, 3.8) is 0 Å². The first kappa shape index (κ1) is 21.7. The van der Waals surface area contributed by atoms with Crippen molar-refractivity contribution in [1.29, 1.82) is 0 Å². The van der Waals surface area contributed by atoms with Gasteiger partial charge in [-0.3, -0.25) is 9.59 Å². The van der Waals surface area contributed by atoms with Gasteiger partial charge < -0.3 is 9.73 Å². The quantitative estimate of drug-likeness (QED) is 0.551. The molecule has 0 saturated heterocycles. The van der Waals surface area contributed by atoms with Gasteiger partial charge in [-0.15, -0.1) is 0 Å². The van der Waals surface area contributed by atoms with E-state index in [0.29, 0.717) is 23.0 Å². The van der Waals surface area contributed by atoms with E-state index >= 15 is 0 Å². The van der Waals surface area contributed by atoms with Crippen molar-refractivity contribution in [2.24, 2.45) is 0 Å². The van der Waals surface area contributed by atoms with Gasteiger partial charge >= 0.3 is 0 Å². The normalized spacial score (nSPS) is 10.9. The molecule has 1 N–H and O–H groups in total. The molecule has 27 heavy (non-hydrogen) atoms. The molecule has 0 aliphatic heterocycles. The highest BCUT2D eigenvalue weighted by Crippen LogP contribution is 2.28. The number of anilines is 1. The Labute approximate surface area is 173 Å². The number of unbranched alkanes of at least 4 members (excludes halogenated alkanes) is 1. The summed E-state index contributed by atoms with van der Waals surface area (Å²) in [5, 5.41) is 3.59. The van der Waals surface area contributed by atoms with E-state index in [9.17, 15) is 9.59 Å². The summed E-state index contributed by atoms with van der Waals surface area (Å²) in [6.07, 6.45) is 3.77. The molecule has 0 aliphatic carbocycles. The monoisotopic (exact) mass is 453 g/mol. The third kappa shape index (κ3) is 4.82. The summed E-state index contributed by atoms with van der Waals surface area (Å²) >= 11 is 9.44. The fourth-order valence-corrected chi connectivity index (χ4v) is 3.58. The molecule has 0 radical (unpaired) electrons. The van der Waals surface area contributed by atoms with Crippen LogP contribution < -0.4 is 10.7 Å². The van der Waals surface area contributed by atoms with Gasteiger partial charge in [-0.2, -0.15) is 0 Å². The van der Waals surface area contributed by atoms with Gasteiger partial charge in [0.2, 0.25) is 5.43 Å². The predicted molar refractivity (Wildman–Crippen MR) is 114 cm³/mol. The number of amides is 1. The van der Waals surface area contributed by atoms with E-state index in [0.717, 1.165) is 42.5 Å². The molecule has 0 bridgehead atoms. The topological polar surface area (TPSA) is 59.3 Å². The fraction of sp³-hybridized carbons (Fsp3) is 0.429. The van der Waals surface area contributed by atoms with Crippen LogP contribution >= 0.6 is 27.5 Å². The molecular weight excluding hydrogens is 430 g/mol. The Hall–Kier alpha value is -1.59. The van der Waals surface area contributed by atoms with Crippen LogP contribution in [0.4, 0.5) is 5.69 Å². The highest BCUT2D eigenvalue weighted by Gasteiger charge is 2.23. The molecule has 0 aliphatic rings. The minimum Gasteiger partial charge on any atom is -0.464 e. The number of carbonyl (C=O) groups excluding carboxylic acids is 1. The molecule has 4 nitrogen and oxygen atoms in total. The molecule has 0 spiro atoms. The first-order chi connectivity index (χ1) is 12.8. The Morgan fingerprint density at radius 1 is 1.19 bits per heavy atom. The van der Waals surface area contributed by atoms with Crippen LogP contribution in [0.25, 0.3) is 0 Å². The third-order valence-corrected chi connectivity index (χ3v) is 5.68. The summed E-state index contributed by atoms with van der Waals surface area (Å²) in [6, 6.07) is 3.70. The molecule has 146 valence electrons. The molecular formula is C21H25BrClNO3. The lowest BCUT2D eigenvalue weighted by Crippen LogP contribution is -2.26. The van der Waals surface area contributed by atoms with Gasteiger partial charge in [0.15, 0.2) is 0 Å². The number of rotatable bonds is 7. The summed E-state index contributed by atoms with van der Waals surface area (Å²) in [5.41, 5.74) is 2.34. The maximum absolute atomic E-state index is 13.1. The summed E-state index contributed by atoms with van der Waals surface area (Å²) in [4.78, 5) is 25.9. The fourth-order valence-electron chi connectivity index (χ4n) is 3.04. The SMILES string of the molecule is CCCCc1oc(C)c(Br)c(=O)c1C(=O)Nc1c(CC)cc(Cl)cc1CC. The Morgan fingerprint density at radius 3 is 2.30 bits per heavy atom. The van der Waals surface area contributed by atoms with Gasteiger partial charge in [0, 0.05) is 17.1 Å². The average molecular weight is 455 g/mol. The number of hydrogen-bond acceptors (Lipinski definition) is 3. The maximum atomic E-state index is 13.1. The number of halogens is 2. The molecule has 1 aromatic heterocycles. The summed E-state index contributed by atoms with van der Waals surface area (Å²) in [6.45, 7) is 7.78. The van der Waals surface area contributed by atoms with Crippen molar-refractivity contribution in [1.82, 2.24) is 0 Å². The third-order valence-electron chi connectivity index (χ3n) is 4.54. The van der Waals surface area contributed by atoms with Crippen LogP contribution in [0.5, 0.6) is 0 Å². The van der Waals surface area contributed by atoms with Crippen LogP contribution in [-0.2, 0) is 19.3 Å². The molecule has 1 heterocycles. The van der Waals surface area contributed by atoms with Gasteiger partial charge in [0.05, 0.1) is 0 Å². The molecule has 0 unspecified atom stereocenters. The minimum absolute atomic E-state index is 0.0694. The van der Waals surface area contributed by atoms with Gasteiger partial charge in [0.1, 0.15) is 21.6 Å². The molecule has 0 saturated carbocycles. The Bertz CT molecular complexity index is 880. The second-order valence-corrected chi connectivity index (χ2v) is 7.69. The van der Waals surface area contributed by atoms with Crippen molar-refractivity contribution in [3.05, 3.63) is 60.1 Å². The molecule has 1 aromatic carbocycles. The lowest BCUT2D eigenvalue weighted by atomic mass is 10.0. The van der Waals surface area contributed by atoms with Gasteiger partial charge in [-0.25, -0.2) is 0 Å². The van der Waals surface area contributed by atoms with Crippen LogP contribution in [0.2, 0.25) is 5.02 Å². The van der Waals surface area contributed by atoms with Gasteiger partial charge in [-0.1, -0.05) is 38.8 Å². The van der Waals surface area contributed by atoms with Crippen molar-refractivity contribution < 1.29 is 9.21 Å². The average Bonchev–Trinajstić information content (AvgIpc) is 2.65. The van der Waals surface area contributed by atoms with Gasteiger partial charge in [0.25, 0.3) is 5.91 Å². The second kappa shape index (κ2) is 9.56. The van der Waals surface area contributed by atoms with E-state index in [1.165, 1.54) is 0 Å². The molecule has 1 amide bonds.